The SMILES string of the molecule is O=C(Nc1nc2cc(-c3ccccc3)ccc2c(=O)n1CC1CCC(c2ccccc2)O1)c1ccccc1. The summed E-state index contributed by atoms with van der Waals surface area (Å²) in [4.78, 5) is 31.6. The molecule has 6 nitrogen and oxygen atoms in total. The minimum atomic E-state index is -0.320. The van der Waals surface area contributed by atoms with Gasteiger partial charge in [0.25, 0.3) is 11.5 Å². The first-order chi connectivity index (χ1) is 18.7. The highest BCUT2D eigenvalue weighted by Crippen LogP contribution is 2.33. The molecule has 1 amide bonds. The van der Waals surface area contributed by atoms with Gasteiger partial charge in [-0.15, -0.1) is 0 Å². The number of anilines is 1. The van der Waals surface area contributed by atoms with Gasteiger partial charge in [0.05, 0.1) is 29.7 Å². The maximum absolute atomic E-state index is 13.8. The maximum atomic E-state index is 13.8. The van der Waals surface area contributed by atoms with Gasteiger partial charge in [0, 0.05) is 5.56 Å². The van der Waals surface area contributed by atoms with Crippen LogP contribution in [0.4, 0.5) is 5.95 Å². The number of fused-ring (bicyclic) bond motifs is 1. The Morgan fingerprint density at radius 2 is 1.53 bits per heavy atom. The van der Waals surface area contributed by atoms with Crippen LogP contribution >= 0.6 is 0 Å². The summed E-state index contributed by atoms with van der Waals surface area (Å²) in [6, 6.07) is 34.6. The number of aromatic nitrogens is 2. The summed E-state index contributed by atoms with van der Waals surface area (Å²) in [5, 5.41) is 3.39. The molecule has 0 aliphatic carbocycles. The summed E-state index contributed by atoms with van der Waals surface area (Å²) in [7, 11) is 0. The largest absolute Gasteiger partial charge is 0.368 e. The smallest absolute Gasteiger partial charge is 0.262 e. The van der Waals surface area contributed by atoms with E-state index in [0.717, 1.165) is 29.5 Å². The second-order valence-electron chi connectivity index (χ2n) is 9.50. The van der Waals surface area contributed by atoms with E-state index >= 15 is 0 Å². The zero-order valence-corrected chi connectivity index (χ0v) is 20.8. The van der Waals surface area contributed by atoms with E-state index in [4.69, 9.17) is 9.72 Å². The van der Waals surface area contributed by atoms with Crippen LogP contribution in [0.5, 0.6) is 0 Å². The molecular weight excluding hydrogens is 474 g/mol. The van der Waals surface area contributed by atoms with Crippen LogP contribution in [0.1, 0.15) is 34.9 Å². The van der Waals surface area contributed by atoms with Gasteiger partial charge in [-0.25, -0.2) is 4.98 Å². The van der Waals surface area contributed by atoms with Gasteiger partial charge in [-0.05, 0) is 53.8 Å². The first-order valence-corrected chi connectivity index (χ1v) is 12.8. The van der Waals surface area contributed by atoms with Crippen LogP contribution in [0.25, 0.3) is 22.0 Å². The molecule has 1 N–H and O–H groups in total. The van der Waals surface area contributed by atoms with Gasteiger partial charge in [-0.1, -0.05) is 84.9 Å². The van der Waals surface area contributed by atoms with Crippen molar-refractivity contribution in [2.75, 3.05) is 5.32 Å². The van der Waals surface area contributed by atoms with Crippen molar-refractivity contribution in [3.8, 4) is 11.1 Å². The van der Waals surface area contributed by atoms with Crippen LogP contribution in [0, 0.1) is 0 Å². The molecule has 4 aromatic carbocycles. The molecule has 2 heterocycles. The standard InChI is InChI=1S/C32H27N3O3/c36-30(24-14-8-3-9-15-24)34-32-33-28-20-25(22-10-4-1-5-11-22)16-18-27(28)31(37)35(32)21-26-17-19-29(38-26)23-12-6-2-7-13-23/h1-16,18,20,26,29H,17,19,21H2,(H,33,34,36). The van der Waals surface area contributed by atoms with Crippen molar-refractivity contribution in [1.29, 1.82) is 0 Å². The summed E-state index contributed by atoms with van der Waals surface area (Å²) in [6.07, 6.45) is 1.49. The van der Waals surface area contributed by atoms with Crippen molar-refractivity contribution in [3.05, 3.63) is 131 Å². The number of carbonyl (C=O) groups excluding carboxylic acids is 1. The average Bonchev–Trinajstić information content (AvgIpc) is 3.45. The first-order valence-electron chi connectivity index (χ1n) is 12.8. The molecule has 1 aromatic heterocycles. The molecule has 38 heavy (non-hydrogen) atoms. The Morgan fingerprint density at radius 1 is 0.842 bits per heavy atom. The third-order valence-corrected chi connectivity index (χ3v) is 6.99. The second kappa shape index (κ2) is 10.4. The van der Waals surface area contributed by atoms with E-state index < -0.39 is 0 Å². The van der Waals surface area contributed by atoms with Crippen molar-refractivity contribution in [1.82, 2.24) is 9.55 Å². The second-order valence-corrected chi connectivity index (χ2v) is 9.50. The van der Waals surface area contributed by atoms with Gasteiger partial charge >= 0.3 is 0 Å². The summed E-state index contributed by atoms with van der Waals surface area (Å²) >= 11 is 0. The molecule has 2 unspecified atom stereocenters. The highest BCUT2D eigenvalue weighted by Gasteiger charge is 2.28. The molecule has 1 aliphatic heterocycles. The molecule has 2 atom stereocenters. The Morgan fingerprint density at radius 3 is 2.26 bits per heavy atom. The topological polar surface area (TPSA) is 73.2 Å². The van der Waals surface area contributed by atoms with Crippen LogP contribution in [0.3, 0.4) is 0 Å². The van der Waals surface area contributed by atoms with Crippen molar-refractivity contribution < 1.29 is 9.53 Å². The highest BCUT2D eigenvalue weighted by atomic mass is 16.5. The van der Waals surface area contributed by atoms with E-state index in [1.54, 1.807) is 28.8 Å². The zero-order valence-electron chi connectivity index (χ0n) is 20.8. The lowest BCUT2D eigenvalue weighted by Crippen LogP contribution is -2.31. The summed E-state index contributed by atoms with van der Waals surface area (Å²) in [5.41, 5.74) is 3.93. The Kier molecular flexibility index (Phi) is 6.54. The maximum Gasteiger partial charge on any atom is 0.262 e. The minimum Gasteiger partial charge on any atom is -0.368 e. The van der Waals surface area contributed by atoms with Gasteiger partial charge in [-0.2, -0.15) is 0 Å². The van der Waals surface area contributed by atoms with Crippen molar-refractivity contribution in [2.24, 2.45) is 0 Å². The van der Waals surface area contributed by atoms with E-state index in [9.17, 15) is 9.59 Å². The summed E-state index contributed by atoms with van der Waals surface area (Å²) < 4.78 is 7.88. The number of nitrogens with one attached hydrogen (secondary N) is 1. The third kappa shape index (κ3) is 4.86. The van der Waals surface area contributed by atoms with Gasteiger partial charge in [-0.3, -0.25) is 19.5 Å². The number of amides is 1. The zero-order chi connectivity index (χ0) is 25.9. The molecule has 0 radical (unpaired) electrons. The van der Waals surface area contributed by atoms with Crippen LogP contribution in [0.2, 0.25) is 0 Å². The minimum absolute atomic E-state index is 0.0129. The first kappa shape index (κ1) is 23.8. The van der Waals surface area contributed by atoms with E-state index in [1.807, 2.05) is 72.8 Å². The lowest BCUT2D eigenvalue weighted by atomic mass is 10.0. The number of carbonyl (C=O) groups is 1. The highest BCUT2D eigenvalue weighted by molar-refractivity contribution is 6.03. The third-order valence-electron chi connectivity index (χ3n) is 6.99. The van der Waals surface area contributed by atoms with Gasteiger partial charge in [0.15, 0.2) is 0 Å². The average molecular weight is 502 g/mol. The molecule has 1 saturated heterocycles. The Bertz CT molecular complexity index is 1630. The fourth-order valence-corrected chi connectivity index (χ4v) is 5.02. The van der Waals surface area contributed by atoms with E-state index in [-0.39, 0.29) is 29.6 Å². The van der Waals surface area contributed by atoms with Crippen LogP contribution < -0.4 is 10.9 Å². The van der Waals surface area contributed by atoms with Crippen LogP contribution in [-0.2, 0) is 11.3 Å². The summed E-state index contributed by atoms with van der Waals surface area (Å²) in [5.74, 6) is -0.104. The fourth-order valence-electron chi connectivity index (χ4n) is 5.02. The Hall–Kier alpha value is -4.55. The predicted molar refractivity (Wildman–Crippen MR) is 149 cm³/mol. The number of hydrogen-bond donors (Lipinski definition) is 1. The Labute approximate surface area is 220 Å². The summed E-state index contributed by atoms with van der Waals surface area (Å²) in [6.45, 7) is 0.302. The monoisotopic (exact) mass is 501 g/mol. The lowest BCUT2D eigenvalue weighted by molar-refractivity contribution is 0.0347. The van der Waals surface area contributed by atoms with E-state index in [0.29, 0.717) is 23.0 Å². The lowest BCUT2D eigenvalue weighted by Gasteiger charge is -2.19. The van der Waals surface area contributed by atoms with Gasteiger partial charge < -0.3 is 4.74 Å². The van der Waals surface area contributed by atoms with Crippen LogP contribution in [-0.4, -0.2) is 21.6 Å². The number of rotatable bonds is 6. The number of nitrogens with zero attached hydrogens (tertiary/aromatic N) is 2. The molecular formula is C32H27N3O3. The quantitative estimate of drug-likeness (QED) is 0.299. The molecule has 1 fully saturated rings. The molecule has 188 valence electrons. The normalized spacial score (nSPS) is 16.9. The number of hydrogen-bond acceptors (Lipinski definition) is 4. The number of benzene rings is 4. The van der Waals surface area contributed by atoms with Gasteiger partial charge in [0.2, 0.25) is 5.95 Å². The molecule has 1 aliphatic rings. The molecule has 6 rings (SSSR count). The van der Waals surface area contributed by atoms with Crippen molar-refractivity contribution >= 4 is 22.8 Å². The fraction of sp³-hybridized carbons (Fsp3) is 0.156. The van der Waals surface area contributed by atoms with E-state index in [2.05, 4.69) is 17.4 Å². The number of ether oxygens (including phenoxy) is 1. The van der Waals surface area contributed by atoms with Crippen molar-refractivity contribution in [3.63, 3.8) is 0 Å². The van der Waals surface area contributed by atoms with Crippen molar-refractivity contribution in [2.45, 2.75) is 31.6 Å². The molecule has 6 heteroatoms. The van der Waals surface area contributed by atoms with E-state index in [1.165, 1.54) is 0 Å². The molecule has 0 bridgehead atoms. The molecule has 0 spiro atoms. The Balaban J connectivity index is 1.37. The molecule has 5 aromatic rings. The van der Waals surface area contributed by atoms with Crippen LogP contribution in [0.15, 0.2) is 114 Å². The van der Waals surface area contributed by atoms with Gasteiger partial charge in [0.1, 0.15) is 0 Å². The predicted octanol–water partition coefficient (Wildman–Crippen LogP) is 6.24. The molecule has 0 saturated carbocycles.